The van der Waals surface area contributed by atoms with Gasteiger partial charge in [-0.15, -0.1) is 0 Å². The van der Waals surface area contributed by atoms with Crippen molar-refractivity contribution < 1.29 is 14.3 Å². The van der Waals surface area contributed by atoms with E-state index in [0.717, 1.165) is 24.3 Å². The fourth-order valence-corrected chi connectivity index (χ4v) is 3.48. The molecule has 1 saturated heterocycles. The van der Waals surface area contributed by atoms with E-state index in [0.29, 0.717) is 13.0 Å². The molecule has 1 aromatic rings. The summed E-state index contributed by atoms with van der Waals surface area (Å²) in [5.41, 5.74) is 0.831. The molecular formula is C18H25N3O3. The summed E-state index contributed by atoms with van der Waals surface area (Å²) in [6, 6.07) is 7.36. The number of ether oxygens (including phenoxy) is 1. The molecule has 24 heavy (non-hydrogen) atoms. The van der Waals surface area contributed by atoms with Crippen molar-refractivity contribution in [1.82, 2.24) is 10.6 Å². The molecule has 1 heterocycles. The SMILES string of the molecule is COc1ccc(N2CC(NC(=O)NC3CCCCC3)CC2=O)cc1. The molecule has 2 N–H and O–H groups in total. The second-order valence-corrected chi connectivity index (χ2v) is 6.56. The molecule has 130 valence electrons. The number of urea groups is 1. The topological polar surface area (TPSA) is 70.7 Å². The zero-order valence-corrected chi connectivity index (χ0v) is 14.1. The highest BCUT2D eigenvalue weighted by Crippen LogP contribution is 2.24. The van der Waals surface area contributed by atoms with Crippen LogP contribution in [0.25, 0.3) is 0 Å². The van der Waals surface area contributed by atoms with E-state index in [1.165, 1.54) is 19.3 Å². The number of methoxy groups -OCH3 is 1. The van der Waals surface area contributed by atoms with Gasteiger partial charge in [-0.1, -0.05) is 19.3 Å². The number of rotatable bonds is 4. The van der Waals surface area contributed by atoms with Crippen LogP contribution >= 0.6 is 0 Å². The van der Waals surface area contributed by atoms with Gasteiger partial charge in [0.25, 0.3) is 0 Å². The highest BCUT2D eigenvalue weighted by Gasteiger charge is 2.32. The standard InChI is InChI=1S/C18H25N3O3/c1-24-16-9-7-15(8-10-16)21-12-14(11-17(21)22)20-18(23)19-13-5-3-2-4-6-13/h7-10,13-14H,2-6,11-12H2,1H3,(H2,19,20,23). The van der Waals surface area contributed by atoms with Crippen LogP contribution in [0, 0.1) is 0 Å². The van der Waals surface area contributed by atoms with Gasteiger partial charge in [0.2, 0.25) is 5.91 Å². The lowest BCUT2D eigenvalue weighted by Gasteiger charge is -2.24. The number of nitrogens with zero attached hydrogens (tertiary/aromatic N) is 1. The van der Waals surface area contributed by atoms with Crippen molar-refractivity contribution >= 4 is 17.6 Å². The van der Waals surface area contributed by atoms with Crippen molar-refractivity contribution in [3.8, 4) is 5.75 Å². The Bertz CT molecular complexity index is 582. The van der Waals surface area contributed by atoms with Crippen LogP contribution in [0.4, 0.5) is 10.5 Å². The fourth-order valence-electron chi connectivity index (χ4n) is 3.48. The first kappa shape index (κ1) is 16.6. The van der Waals surface area contributed by atoms with Crippen LogP contribution in [0.1, 0.15) is 38.5 Å². The van der Waals surface area contributed by atoms with Crippen molar-refractivity contribution in [3.05, 3.63) is 24.3 Å². The monoisotopic (exact) mass is 331 g/mol. The molecule has 2 fully saturated rings. The second-order valence-electron chi connectivity index (χ2n) is 6.56. The van der Waals surface area contributed by atoms with Crippen molar-refractivity contribution in [1.29, 1.82) is 0 Å². The van der Waals surface area contributed by atoms with Gasteiger partial charge >= 0.3 is 6.03 Å². The van der Waals surface area contributed by atoms with Gasteiger partial charge in [0.05, 0.1) is 13.2 Å². The molecule has 0 radical (unpaired) electrons. The van der Waals surface area contributed by atoms with E-state index in [9.17, 15) is 9.59 Å². The maximum absolute atomic E-state index is 12.2. The first-order chi connectivity index (χ1) is 11.7. The Hall–Kier alpha value is -2.24. The highest BCUT2D eigenvalue weighted by molar-refractivity contribution is 5.96. The average molecular weight is 331 g/mol. The quantitative estimate of drug-likeness (QED) is 0.890. The van der Waals surface area contributed by atoms with E-state index < -0.39 is 0 Å². The molecular weight excluding hydrogens is 306 g/mol. The van der Waals surface area contributed by atoms with E-state index in [1.807, 2.05) is 24.3 Å². The van der Waals surface area contributed by atoms with E-state index >= 15 is 0 Å². The third-order valence-electron chi connectivity index (χ3n) is 4.78. The molecule has 2 aliphatic rings. The summed E-state index contributed by atoms with van der Waals surface area (Å²) < 4.78 is 5.14. The normalized spacial score (nSPS) is 21.6. The minimum absolute atomic E-state index is 0.0307. The molecule has 1 atom stereocenters. The Morgan fingerprint density at radius 3 is 2.42 bits per heavy atom. The number of anilines is 1. The summed E-state index contributed by atoms with van der Waals surface area (Å²) >= 11 is 0. The number of carbonyl (C=O) groups is 2. The summed E-state index contributed by atoms with van der Waals surface area (Å²) in [5, 5.41) is 5.98. The Kier molecular flexibility index (Phi) is 5.23. The van der Waals surface area contributed by atoms with Gasteiger partial charge in [0, 0.05) is 24.7 Å². The fraction of sp³-hybridized carbons (Fsp3) is 0.556. The summed E-state index contributed by atoms with van der Waals surface area (Å²) in [5.74, 6) is 0.787. The van der Waals surface area contributed by atoms with Gasteiger partial charge in [0.1, 0.15) is 5.75 Å². The zero-order valence-electron chi connectivity index (χ0n) is 14.1. The largest absolute Gasteiger partial charge is 0.497 e. The molecule has 6 nitrogen and oxygen atoms in total. The van der Waals surface area contributed by atoms with E-state index in [-0.39, 0.29) is 24.0 Å². The maximum atomic E-state index is 12.2. The third kappa shape index (κ3) is 3.99. The number of hydrogen-bond acceptors (Lipinski definition) is 3. The molecule has 0 aromatic heterocycles. The van der Waals surface area contributed by atoms with Gasteiger partial charge in [-0.25, -0.2) is 4.79 Å². The van der Waals surface area contributed by atoms with Crippen LogP contribution in [0.3, 0.4) is 0 Å². The van der Waals surface area contributed by atoms with Crippen molar-refractivity contribution in [2.75, 3.05) is 18.6 Å². The maximum Gasteiger partial charge on any atom is 0.315 e. The molecule has 1 aliphatic heterocycles. The van der Waals surface area contributed by atoms with Gasteiger partial charge in [-0.05, 0) is 37.1 Å². The van der Waals surface area contributed by atoms with Crippen LogP contribution in [0.5, 0.6) is 5.75 Å². The lowest BCUT2D eigenvalue weighted by Crippen LogP contribution is -2.47. The molecule has 1 saturated carbocycles. The first-order valence-electron chi connectivity index (χ1n) is 8.67. The Balaban J connectivity index is 1.52. The Morgan fingerprint density at radius 1 is 1.08 bits per heavy atom. The lowest BCUT2D eigenvalue weighted by molar-refractivity contribution is -0.117. The smallest absolute Gasteiger partial charge is 0.315 e. The van der Waals surface area contributed by atoms with E-state index in [1.54, 1.807) is 12.0 Å². The summed E-state index contributed by atoms with van der Waals surface area (Å²) in [6.07, 6.45) is 6.05. The number of benzene rings is 1. The molecule has 0 bridgehead atoms. The molecule has 0 spiro atoms. The number of amides is 3. The summed E-state index contributed by atoms with van der Waals surface area (Å²) in [4.78, 5) is 26.1. The second kappa shape index (κ2) is 7.55. The van der Waals surface area contributed by atoms with Gasteiger partial charge in [-0.2, -0.15) is 0 Å². The number of carbonyl (C=O) groups excluding carboxylic acids is 2. The first-order valence-corrected chi connectivity index (χ1v) is 8.67. The average Bonchev–Trinajstić information content (AvgIpc) is 2.96. The lowest BCUT2D eigenvalue weighted by atomic mass is 9.96. The molecule has 3 rings (SSSR count). The predicted molar refractivity (Wildman–Crippen MR) is 92.3 cm³/mol. The van der Waals surface area contributed by atoms with Crippen LogP contribution in [0.2, 0.25) is 0 Å². The zero-order chi connectivity index (χ0) is 16.9. The van der Waals surface area contributed by atoms with Gasteiger partial charge in [0.15, 0.2) is 0 Å². The predicted octanol–water partition coefficient (Wildman–Crippen LogP) is 2.43. The van der Waals surface area contributed by atoms with Gasteiger partial charge in [-0.3, -0.25) is 4.79 Å². The Morgan fingerprint density at radius 2 is 1.75 bits per heavy atom. The van der Waals surface area contributed by atoms with E-state index in [4.69, 9.17) is 4.74 Å². The van der Waals surface area contributed by atoms with Crippen LogP contribution < -0.4 is 20.3 Å². The number of hydrogen-bond donors (Lipinski definition) is 2. The molecule has 6 heteroatoms. The third-order valence-corrected chi connectivity index (χ3v) is 4.78. The minimum atomic E-state index is -0.156. The number of nitrogens with one attached hydrogen (secondary N) is 2. The van der Waals surface area contributed by atoms with Crippen molar-refractivity contribution in [2.24, 2.45) is 0 Å². The highest BCUT2D eigenvalue weighted by atomic mass is 16.5. The molecule has 1 unspecified atom stereocenters. The van der Waals surface area contributed by atoms with Crippen molar-refractivity contribution in [2.45, 2.75) is 50.6 Å². The molecule has 1 aromatic carbocycles. The van der Waals surface area contributed by atoms with Crippen LogP contribution in [0.15, 0.2) is 24.3 Å². The summed E-state index contributed by atoms with van der Waals surface area (Å²) in [7, 11) is 1.61. The van der Waals surface area contributed by atoms with Crippen LogP contribution in [-0.4, -0.2) is 37.7 Å². The van der Waals surface area contributed by atoms with E-state index in [2.05, 4.69) is 10.6 Å². The van der Waals surface area contributed by atoms with Crippen LogP contribution in [-0.2, 0) is 4.79 Å². The minimum Gasteiger partial charge on any atom is -0.497 e. The van der Waals surface area contributed by atoms with Crippen molar-refractivity contribution in [3.63, 3.8) is 0 Å². The molecule has 1 aliphatic carbocycles. The molecule has 3 amide bonds. The summed E-state index contributed by atoms with van der Waals surface area (Å²) in [6.45, 7) is 0.503. The Labute approximate surface area is 142 Å². The van der Waals surface area contributed by atoms with Gasteiger partial charge < -0.3 is 20.3 Å².